The van der Waals surface area contributed by atoms with Crippen LogP contribution in [0.3, 0.4) is 0 Å². The molecule has 0 aliphatic carbocycles. The van der Waals surface area contributed by atoms with Crippen LogP contribution in [0, 0.1) is 0 Å². The zero-order valence-corrected chi connectivity index (χ0v) is 9.28. The Labute approximate surface area is 89.7 Å². The Morgan fingerprint density at radius 2 is 2.13 bits per heavy atom. The van der Waals surface area contributed by atoms with E-state index in [1.807, 2.05) is 18.2 Å². The van der Waals surface area contributed by atoms with Crippen LogP contribution in [-0.2, 0) is 4.79 Å². The standard InChI is InChI=1S/C12H15NO2/c1-8(2)9-4-5-11-10(6-9)13(3)12(14)7-15-11/h4-6,8H,7H2,1-3H3. The second-order valence-corrected chi connectivity index (χ2v) is 4.12. The van der Waals surface area contributed by atoms with Gasteiger partial charge >= 0.3 is 0 Å². The van der Waals surface area contributed by atoms with Crippen molar-refractivity contribution in [3.63, 3.8) is 0 Å². The summed E-state index contributed by atoms with van der Waals surface area (Å²) in [6, 6.07) is 6.01. The Balaban J connectivity index is 2.45. The lowest BCUT2D eigenvalue weighted by atomic mass is 10.0. The lowest BCUT2D eigenvalue weighted by molar-refractivity contribution is -0.120. The molecule has 0 N–H and O–H groups in total. The van der Waals surface area contributed by atoms with Crippen LogP contribution in [0.15, 0.2) is 18.2 Å². The smallest absolute Gasteiger partial charge is 0.264 e. The van der Waals surface area contributed by atoms with Crippen LogP contribution >= 0.6 is 0 Å². The number of nitrogens with zero attached hydrogens (tertiary/aromatic N) is 1. The lowest BCUT2D eigenvalue weighted by Gasteiger charge is -2.26. The summed E-state index contributed by atoms with van der Waals surface area (Å²) in [5.74, 6) is 1.26. The van der Waals surface area contributed by atoms with Gasteiger partial charge in [-0.15, -0.1) is 0 Å². The molecule has 0 atom stereocenters. The number of amides is 1. The van der Waals surface area contributed by atoms with Gasteiger partial charge in [-0.2, -0.15) is 0 Å². The predicted molar refractivity (Wildman–Crippen MR) is 59.4 cm³/mol. The van der Waals surface area contributed by atoms with E-state index in [2.05, 4.69) is 13.8 Å². The summed E-state index contributed by atoms with van der Waals surface area (Å²) in [6.07, 6.45) is 0. The number of benzene rings is 1. The summed E-state index contributed by atoms with van der Waals surface area (Å²) in [6.45, 7) is 4.41. The molecule has 0 radical (unpaired) electrons. The van der Waals surface area contributed by atoms with E-state index in [1.54, 1.807) is 11.9 Å². The maximum absolute atomic E-state index is 11.4. The summed E-state index contributed by atoms with van der Waals surface area (Å²) in [4.78, 5) is 13.1. The molecule has 0 aromatic heterocycles. The molecule has 1 aromatic carbocycles. The van der Waals surface area contributed by atoms with Crippen molar-refractivity contribution in [2.75, 3.05) is 18.6 Å². The van der Waals surface area contributed by atoms with E-state index in [9.17, 15) is 4.79 Å². The van der Waals surface area contributed by atoms with Crippen LogP contribution in [0.2, 0.25) is 0 Å². The summed E-state index contributed by atoms with van der Waals surface area (Å²) in [7, 11) is 1.79. The molecule has 1 amide bonds. The molecule has 0 fully saturated rings. The largest absolute Gasteiger partial charge is 0.482 e. The minimum absolute atomic E-state index is 0.00315. The van der Waals surface area contributed by atoms with Crippen molar-refractivity contribution in [1.82, 2.24) is 0 Å². The van der Waals surface area contributed by atoms with Crippen molar-refractivity contribution in [3.05, 3.63) is 23.8 Å². The van der Waals surface area contributed by atoms with Crippen LogP contribution in [0.25, 0.3) is 0 Å². The van der Waals surface area contributed by atoms with Crippen LogP contribution in [-0.4, -0.2) is 19.6 Å². The molecule has 1 aliphatic heterocycles. The monoisotopic (exact) mass is 205 g/mol. The Kier molecular flexibility index (Phi) is 2.39. The highest BCUT2D eigenvalue weighted by Crippen LogP contribution is 2.33. The minimum Gasteiger partial charge on any atom is -0.482 e. The first-order chi connectivity index (χ1) is 7.09. The number of likely N-dealkylation sites (N-methyl/N-ethyl adjacent to an activating group) is 1. The molecule has 1 aliphatic rings. The molecule has 0 bridgehead atoms. The first-order valence-corrected chi connectivity index (χ1v) is 5.13. The third kappa shape index (κ3) is 1.69. The van der Waals surface area contributed by atoms with Gasteiger partial charge in [0.2, 0.25) is 0 Å². The van der Waals surface area contributed by atoms with Gasteiger partial charge in [-0.3, -0.25) is 4.79 Å². The molecule has 3 nitrogen and oxygen atoms in total. The molecule has 0 spiro atoms. The van der Waals surface area contributed by atoms with Gasteiger partial charge < -0.3 is 9.64 Å². The number of hydrogen-bond acceptors (Lipinski definition) is 2. The number of carbonyl (C=O) groups is 1. The average molecular weight is 205 g/mol. The van der Waals surface area contributed by atoms with E-state index in [4.69, 9.17) is 4.74 Å². The maximum Gasteiger partial charge on any atom is 0.264 e. The molecular formula is C12H15NO2. The number of anilines is 1. The Hall–Kier alpha value is -1.51. The van der Waals surface area contributed by atoms with E-state index in [0.29, 0.717) is 5.92 Å². The maximum atomic E-state index is 11.4. The Morgan fingerprint density at radius 3 is 2.80 bits per heavy atom. The second-order valence-electron chi connectivity index (χ2n) is 4.12. The lowest BCUT2D eigenvalue weighted by Crippen LogP contribution is -2.35. The molecule has 0 saturated carbocycles. The highest BCUT2D eigenvalue weighted by molar-refractivity contribution is 5.97. The predicted octanol–water partition coefficient (Wildman–Crippen LogP) is 2.17. The van der Waals surface area contributed by atoms with E-state index in [1.165, 1.54) is 5.56 Å². The number of carbonyl (C=O) groups excluding carboxylic acids is 1. The summed E-state index contributed by atoms with van der Waals surface area (Å²) >= 11 is 0. The van der Waals surface area contributed by atoms with Crippen LogP contribution in [0.1, 0.15) is 25.3 Å². The first-order valence-electron chi connectivity index (χ1n) is 5.13. The third-order valence-electron chi connectivity index (χ3n) is 2.74. The van der Waals surface area contributed by atoms with Gasteiger partial charge in [0, 0.05) is 7.05 Å². The van der Waals surface area contributed by atoms with Gasteiger partial charge in [-0.25, -0.2) is 0 Å². The molecule has 0 saturated heterocycles. The quantitative estimate of drug-likeness (QED) is 0.703. The van der Waals surface area contributed by atoms with Gasteiger partial charge in [0.05, 0.1) is 5.69 Å². The zero-order chi connectivity index (χ0) is 11.0. The van der Waals surface area contributed by atoms with Gasteiger partial charge in [0.1, 0.15) is 5.75 Å². The third-order valence-corrected chi connectivity index (χ3v) is 2.74. The normalized spacial score (nSPS) is 15.2. The Bertz CT molecular complexity index is 399. The average Bonchev–Trinajstić information content (AvgIpc) is 2.23. The molecule has 0 unspecified atom stereocenters. The van der Waals surface area contributed by atoms with Gasteiger partial charge in [-0.05, 0) is 23.6 Å². The zero-order valence-electron chi connectivity index (χ0n) is 9.28. The van der Waals surface area contributed by atoms with E-state index in [-0.39, 0.29) is 12.5 Å². The van der Waals surface area contributed by atoms with Crippen LogP contribution < -0.4 is 9.64 Å². The van der Waals surface area contributed by atoms with Gasteiger partial charge in [0.25, 0.3) is 5.91 Å². The highest BCUT2D eigenvalue weighted by Gasteiger charge is 2.22. The van der Waals surface area contributed by atoms with E-state index >= 15 is 0 Å². The van der Waals surface area contributed by atoms with Crippen molar-refractivity contribution in [1.29, 1.82) is 0 Å². The van der Waals surface area contributed by atoms with Crippen molar-refractivity contribution in [2.45, 2.75) is 19.8 Å². The fourth-order valence-corrected chi connectivity index (χ4v) is 1.65. The number of rotatable bonds is 1. The molecule has 80 valence electrons. The minimum atomic E-state index is 0.00315. The second kappa shape index (κ2) is 3.57. The molecule has 3 heteroatoms. The molecule has 2 rings (SSSR count). The SMILES string of the molecule is CC(C)c1ccc2c(c1)N(C)C(=O)CO2. The summed E-state index contributed by atoms with van der Waals surface area (Å²) in [5, 5.41) is 0. The first kappa shape index (κ1) is 10.0. The van der Waals surface area contributed by atoms with Crippen LogP contribution in [0.5, 0.6) is 5.75 Å². The number of hydrogen-bond donors (Lipinski definition) is 0. The fraction of sp³-hybridized carbons (Fsp3) is 0.417. The van der Waals surface area contributed by atoms with Crippen molar-refractivity contribution in [2.24, 2.45) is 0 Å². The molecule has 1 aromatic rings. The van der Waals surface area contributed by atoms with Gasteiger partial charge in [0.15, 0.2) is 6.61 Å². The Morgan fingerprint density at radius 1 is 1.40 bits per heavy atom. The summed E-state index contributed by atoms with van der Waals surface area (Å²) in [5.41, 5.74) is 2.09. The number of ether oxygens (including phenoxy) is 1. The van der Waals surface area contributed by atoms with Crippen molar-refractivity contribution in [3.8, 4) is 5.75 Å². The van der Waals surface area contributed by atoms with Crippen molar-refractivity contribution >= 4 is 11.6 Å². The fourth-order valence-electron chi connectivity index (χ4n) is 1.65. The van der Waals surface area contributed by atoms with E-state index < -0.39 is 0 Å². The number of fused-ring (bicyclic) bond motifs is 1. The van der Waals surface area contributed by atoms with Crippen LogP contribution in [0.4, 0.5) is 5.69 Å². The molecule has 15 heavy (non-hydrogen) atoms. The van der Waals surface area contributed by atoms with Gasteiger partial charge in [-0.1, -0.05) is 19.9 Å². The van der Waals surface area contributed by atoms with E-state index in [0.717, 1.165) is 11.4 Å². The van der Waals surface area contributed by atoms with Crippen molar-refractivity contribution < 1.29 is 9.53 Å². The molecular weight excluding hydrogens is 190 g/mol. The molecule has 1 heterocycles. The summed E-state index contributed by atoms with van der Waals surface area (Å²) < 4.78 is 5.35. The topological polar surface area (TPSA) is 29.5 Å². The highest BCUT2D eigenvalue weighted by atomic mass is 16.5.